The molecule has 4 nitrogen and oxygen atoms in total. The molecule has 106 valence electrons. The summed E-state index contributed by atoms with van der Waals surface area (Å²) in [7, 11) is 0. The standard InChI is InChI=1S/C13H17F2NO3/c1-2-19-12(18)13(14,15)11(17)10(16)8-9-6-4-3-5-7-9/h3-7,10-11,17H,2,8,16H2,1H3/t10-,11+/m0/s1. The van der Waals surface area contributed by atoms with E-state index in [1.54, 1.807) is 30.3 Å². The van der Waals surface area contributed by atoms with Crippen LogP contribution in [0.2, 0.25) is 0 Å². The fraction of sp³-hybridized carbons (Fsp3) is 0.462. The Morgan fingerprint density at radius 3 is 2.53 bits per heavy atom. The molecule has 0 aliphatic carbocycles. The fourth-order valence-electron chi connectivity index (χ4n) is 1.61. The van der Waals surface area contributed by atoms with Gasteiger partial charge in [-0.05, 0) is 18.9 Å². The second kappa shape index (κ2) is 6.58. The highest BCUT2D eigenvalue weighted by atomic mass is 19.3. The molecule has 1 aromatic carbocycles. The fourth-order valence-corrected chi connectivity index (χ4v) is 1.61. The lowest BCUT2D eigenvalue weighted by Crippen LogP contribution is -2.53. The van der Waals surface area contributed by atoms with Crippen molar-refractivity contribution in [3.05, 3.63) is 35.9 Å². The van der Waals surface area contributed by atoms with Crippen molar-refractivity contribution in [2.75, 3.05) is 6.61 Å². The molecule has 0 aromatic heterocycles. The van der Waals surface area contributed by atoms with Crippen molar-refractivity contribution in [2.45, 2.75) is 31.4 Å². The zero-order chi connectivity index (χ0) is 14.5. The first kappa shape index (κ1) is 15.5. The van der Waals surface area contributed by atoms with Crippen LogP contribution < -0.4 is 5.73 Å². The smallest absolute Gasteiger partial charge is 0.379 e. The Balaban J connectivity index is 2.70. The van der Waals surface area contributed by atoms with E-state index in [0.717, 1.165) is 0 Å². The number of carbonyl (C=O) groups excluding carboxylic acids is 1. The van der Waals surface area contributed by atoms with E-state index in [4.69, 9.17) is 5.73 Å². The highest BCUT2D eigenvalue weighted by molar-refractivity contribution is 5.78. The molecular weight excluding hydrogens is 256 g/mol. The van der Waals surface area contributed by atoms with Crippen LogP contribution in [0.3, 0.4) is 0 Å². The van der Waals surface area contributed by atoms with Crippen molar-refractivity contribution in [3.63, 3.8) is 0 Å². The van der Waals surface area contributed by atoms with E-state index in [2.05, 4.69) is 4.74 Å². The summed E-state index contributed by atoms with van der Waals surface area (Å²) < 4.78 is 31.3. The summed E-state index contributed by atoms with van der Waals surface area (Å²) in [6.07, 6.45) is -2.25. The number of hydrogen-bond acceptors (Lipinski definition) is 4. The Hall–Kier alpha value is -1.53. The average Bonchev–Trinajstić information content (AvgIpc) is 2.39. The minimum Gasteiger partial charge on any atom is -0.461 e. The minimum absolute atomic E-state index is 0.0387. The van der Waals surface area contributed by atoms with Crippen molar-refractivity contribution >= 4 is 5.97 Å². The van der Waals surface area contributed by atoms with Gasteiger partial charge in [0.15, 0.2) is 0 Å². The van der Waals surface area contributed by atoms with Crippen LogP contribution in [0.25, 0.3) is 0 Å². The van der Waals surface area contributed by atoms with Gasteiger partial charge in [0, 0.05) is 6.04 Å². The lowest BCUT2D eigenvalue weighted by atomic mass is 9.98. The van der Waals surface area contributed by atoms with Gasteiger partial charge in [-0.1, -0.05) is 30.3 Å². The summed E-state index contributed by atoms with van der Waals surface area (Å²) >= 11 is 0. The van der Waals surface area contributed by atoms with Gasteiger partial charge in [-0.15, -0.1) is 0 Å². The third kappa shape index (κ3) is 3.97. The second-order valence-corrected chi connectivity index (χ2v) is 4.14. The Labute approximate surface area is 110 Å². The van der Waals surface area contributed by atoms with Gasteiger partial charge in [-0.3, -0.25) is 0 Å². The largest absolute Gasteiger partial charge is 0.461 e. The van der Waals surface area contributed by atoms with Crippen molar-refractivity contribution in [2.24, 2.45) is 5.73 Å². The van der Waals surface area contributed by atoms with Gasteiger partial charge in [-0.25, -0.2) is 4.79 Å². The monoisotopic (exact) mass is 273 g/mol. The molecule has 6 heteroatoms. The summed E-state index contributed by atoms with van der Waals surface area (Å²) in [5, 5.41) is 9.53. The summed E-state index contributed by atoms with van der Waals surface area (Å²) in [4.78, 5) is 11.1. The van der Waals surface area contributed by atoms with Crippen molar-refractivity contribution < 1.29 is 23.4 Å². The third-order valence-electron chi connectivity index (χ3n) is 2.64. The molecule has 1 rings (SSSR count). The van der Waals surface area contributed by atoms with Crippen LogP contribution in [0.15, 0.2) is 30.3 Å². The Kier molecular flexibility index (Phi) is 5.38. The van der Waals surface area contributed by atoms with Gasteiger partial charge in [-0.2, -0.15) is 8.78 Å². The van der Waals surface area contributed by atoms with Crippen LogP contribution >= 0.6 is 0 Å². The molecule has 0 bridgehead atoms. The summed E-state index contributed by atoms with van der Waals surface area (Å²) in [6, 6.07) is 7.39. The van der Waals surface area contributed by atoms with Gasteiger partial charge in [0.2, 0.25) is 0 Å². The molecule has 19 heavy (non-hydrogen) atoms. The lowest BCUT2D eigenvalue weighted by molar-refractivity contribution is -0.190. The van der Waals surface area contributed by atoms with E-state index in [1.807, 2.05) is 0 Å². The summed E-state index contributed by atoms with van der Waals surface area (Å²) in [6.45, 7) is 1.22. The number of esters is 1. The van der Waals surface area contributed by atoms with Crippen LogP contribution in [-0.2, 0) is 16.0 Å². The van der Waals surface area contributed by atoms with E-state index < -0.39 is 24.0 Å². The highest BCUT2D eigenvalue weighted by Gasteiger charge is 2.50. The van der Waals surface area contributed by atoms with Crippen LogP contribution in [0.5, 0.6) is 0 Å². The number of alkyl halides is 2. The van der Waals surface area contributed by atoms with Gasteiger partial charge in [0.1, 0.15) is 6.10 Å². The topological polar surface area (TPSA) is 72.5 Å². The Morgan fingerprint density at radius 1 is 1.42 bits per heavy atom. The molecule has 0 saturated heterocycles. The minimum atomic E-state index is -4.01. The van der Waals surface area contributed by atoms with Crippen molar-refractivity contribution in [1.29, 1.82) is 0 Å². The third-order valence-corrected chi connectivity index (χ3v) is 2.64. The molecule has 0 amide bonds. The van der Waals surface area contributed by atoms with E-state index in [0.29, 0.717) is 5.56 Å². The van der Waals surface area contributed by atoms with Crippen LogP contribution in [-0.4, -0.2) is 35.8 Å². The highest BCUT2D eigenvalue weighted by Crippen LogP contribution is 2.23. The van der Waals surface area contributed by atoms with Crippen molar-refractivity contribution in [3.8, 4) is 0 Å². The second-order valence-electron chi connectivity index (χ2n) is 4.14. The Morgan fingerprint density at radius 2 is 2.00 bits per heavy atom. The lowest BCUT2D eigenvalue weighted by Gasteiger charge is -2.25. The van der Waals surface area contributed by atoms with Crippen LogP contribution in [0, 0.1) is 0 Å². The number of halogens is 2. The van der Waals surface area contributed by atoms with Gasteiger partial charge < -0.3 is 15.6 Å². The molecular formula is C13H17F2NO3. The molecule has 2 atom stereocenters. The molecule has 0 spiro atoms. The first-order valence-corrected chi connectivity index (χ1v) is 5.92. The number of aliphatic hydroxyl groups is 1. The maximum Gasteiger partial charge on any atom is 0.379 e. The van der Waals surface area contributed by atoms with E-state index in [1.165, 1.54) is 6.92 Å². The normalized spacial score (nSPS) is 14.8. The average molecular weight is 273 g/mol. The zero-order valence-corrected chi connectivity index (χ0v) is 10.6. The molecule has 3 N–H and O–H groups in total. The van der Waals surface area contributed by atoms with E-state index in [9.17, 15) is 18.7 Å². The SMILES string of the molecule is CCOC(=O)C(F)(F)[C@H](O)[C@@H](N)Cc1ccccc1. The molecule has 0 fully saturated rings. The number of carbonyl (C=O) groups is 1. The molecule has 0 unspecified atom stereocenters. The van der Waals surface area contributed by atoms with E-state index in [-0.39, 0.29) is 13.0 Å². The number of rotatable bonds is 6. The van der Waals surface area contributed by atoms with Crippen molar-refractivity contribution in [1.82, 2.24) is 0 Å². The number of hydrogen-bond donors (Lipinski definition) is 2. The molecule has 1 aromatic rings. The summed E-state index contributed by atoms with van der Waals surface area (Å²) in [5.41, 5.74) is 6.23. The molecule has 0 aliphatic rings. The number of nitrogens with two attached hydrogens (primary N) is 1. The molecule has 0 radical (unpaired) electrons. The van der Waals surface area contributed by atoms with Crippen LogP contribution in [0.1, 0.15) is 12.5 Å². The van der Waals surface area contributed by atoms with E-state index >= 15 is 0 Å². The number of benzene rings is 1. The van der Waals surface area contributed by atoms with Gasteiger partial charge in [0.05, 0.1) is 6.61 Å². The maximum atomic E-state index is 13.5. The molecule has 0 heterocycles. The van der Waals surface area contributed by atoms with Crippen LogP contribution in [0.4, 0.5) is 8.78 Å². The predicted molar refractivity (Wildman–Crippen MR) is 65.7 cm³/mol. The number of ether oxygens (including phenoxy) is 1. The first-order valence-electron chi connectivity index (χ1n) is 5.92. The maximum absolute atomic E-state index is 13.5. The first-order chi connectivity index (χ1) is 8.89. The molecule has 0 aliphatic heterocycles. The van der Waals surface area contributed by atoms with Gasteiger partial charge >= 0.3 is 11.9 Å². The van der Waals surface area contributed by atoms with Gasteiger partial charge in [0.25, 0.3) is 0 Å². The number of aliphatic hydroxyl groups excluding tert-OH is 1. The summed E-state index contributed by atoms with van der Waals surface area (Å²) in [5.74, 6) is -5.77. The Bertz CT molecular complexity index is 412. The predicted octanol–water partition coefficient (Wildman–Crippen LogP) is 1.12. The molecule has 0 saturated carbocycles. The quantitative estimate of drug-likeness (QED) is 0.762. The zero-order valence-electron chi connectivity index (χ0n) is 10.6.